The molecule has 3 aliphatic heterocycles. The molecule has 3 saturated heterocycles. The summed E-state index contributed by atoms with van der Waals surface area (Å²) in [6.45, 7) is 6.15. The van der Waals surface area contributed by atoms with E-state index in [-0.39, 0.29) is 18.8 Å². The van der Waals surface area contributed by atoms with Gasteiger partial charge in [-0.25, -0.2) is 0 Å². The van der Waals surface area contributed by atoms with Gasteiger partial charge in [-0.1, -0.05) is 0 Å². The Balaban J connectivity index is 2.17. The maximum absolute atomic E-state index is 9.32. The van der Waals surface area contributed by atoms with Gasteiger partial charge in [0.2, 0.25) is 0 Å². The zero-order valence-corrected chi connectivity index (χ0v) is 8.11. The van der Waals surface area contributed by atoms with Gasteiger partial charge < -0.3 is 10.2 Å². The molecule has 2 N–H and O–H groups in total. The Bertz CT molecular complexity index is 194. The molecule has 3 fully saturated rings. The highest BCUT2D eigenvalue weighted by molar-refractivity contribution is 5.02. The summed E-state index contributed by atoms with van der Waals surface area (Å²) in [6.07, 6.45) is 0. The molecule has 4 nitrogen and oxygen atoms in total. The van der Waals surface area contributed by atoms with Gasteiger partial charge in [0.1, 0.15) is 0 Å². The van der Waals surface area contributed by atoms with Crippen LogP contribution in [0, 0.1) is 0 Å². The van der Waals surface area contributed by atoms with Crippen LogP contribution in [0.5, 0.6) is 0 Å². The molecule has 0 radical (unpaired) electrons. The molecule has 0 spiro atoms. The minimum Gasteiger partial charge on any atom is -0.394 e. The van der Waals surface area contributed by atoms with Crippen molar-refractivity contribution < 1.29 is 10.2 Å². The molecule has 0 amide bonds. The molecule has 76 valence electrons. The molecule has 3 rings (SSSR count). The van der Waals surface area contributed by atoms with Gasteiger partial charge >= 0.3 is 0 Å². The molecule has 0 saturated carbocycles. The zero-order chi connectivity index (χ0) is 9.47. The van der Waals surface area contributed by atoms with Crippen molar-refractivity contribution in [2.75, 3.05) is 39.4 Å². The lowest BCUT2D eigenvalue weighted by molar-refractivity contribution is -0.122. The normalized spacial score (nSPS) is 42.2. The second-order valence-electron chi connectivity index (χ2n) is 4.31. The predicted octanol–water partition coefficient (Wildman–Crippen LogP) is -1.27. The van der Waals surface area contributed by atoms with Gasteiger partial charge in [-0.3, -0.25) is 9.80 Å². The van der Waals surface area contributed by atoms with E-state index in [4.69, 9.17) is 0 Å². The third kappa shape index (κ3) is 1.29. The topological polar surface area (TPSA) is 46.9 Å². The molecule has 0 aromatic carbocycles. The third-order valence-corrected chi connectivity index (χ3v) is 3.52. The first kappa shape index (κ1) is 9.40. The van der Waals surface area contributed by atoms with Crippen LogP contribution in [0.15, 0.2) is 0 Å². The highest BCUT2D eigenvalue weighted by Gasteiger charge is 2.46. The van der Waals surface area contributed by atoms with Crippen LogP contribution in [0.3, 0.4) is 0 Å². The van der Waals surface area contributed by atoms with Crippen molar-refractivity contribution in [1.82, 2.24) is 9.80 Å². The predicted molar refractivity (Wildman–Crippen MR) is 49.5 cm³/mol. The van der Waals surface area contributed by atoms with E-state index in [1.54, 1.807) is 0 Å². The maximum atomic E-state index is 9.32. The molecule has 3 atom stereocenters. The van der Waals surface area contributed by atoms with E-state index in [0.29, 0.717) is 6.04 Å². The molecule has 0 aromatic rings. The summed E-state index contributed by atoms with van der Waals surface area (Å²) >= 11 is 0. The molecular formula is C9H18N2O2. The average Bonchev–Trinajstić information content (AvgIpc) is 2.19. The quantitative estimate of drug-likeness (QED) is 0.564. The lowest BCUT2D eigenvalue weighted by Crippen LogP contribution is -2.73. The fourth-order valence-corrected chi connectivity index (χ4v) is 2.49. The Morgan fingerprint density at radius 1 is 1.31 bits per heavy atom. The molecule has 3 aliphatic rings. The van der Waals surface area contributed by atoms with Crippen molar-refractivity contribution in [3.8, 4) is 0 Å². The van der Waals surface area contributed by atoms with Crippen LogP contribution in [0.2, 0.25) is 0 Å². The SMILES string of the molecule is CC1CN2CCN1CC2(CO)CO. The summed E-state index contributed by atoms with van der Waals surface area (Å²) in [5, 5.41) is 18.6. The number of hydrogen-bond acceptors (Lipinski definition) is 4. The average molecular weight is 186 g/mol. The van der Waals surface area contributed by atoms with E-state index in [9.17, 15) is 10.2 Å². The first-order chi connectivity index (χ1) is 6.22. The summed E-state index contributed by atoms with van der Waals surface area (Å²) in [5.74, 6) is 0. The summed E-state index contributed by atoms with van der Waals surface area (Å²) in [6, 6.07) is 0.569. The van der Waals surface area contributed by atoms with Crippen LogP contribution in [0.1, 0.15) is 6.92 Å². The van der Waals surface area contributed by atoms with Gasteiger partial charge in [0.25, 0.3) is 0 Å². The van der Waals surface area contributed by atoms with Gasteiger partial charge in [0.15, 0.2) is 0 Å². The fourth-order valence-electron chi connectivity index (χ4n) is 2.49. The van der Waals surface area contributed by atoms with Gasteiger partial charge in [-0.05, 0) is 6.92 Å². The van der Waals surface area contributed by atoms with E-state index in [1.165, 1.54) is 0 Å². The second kappa shape index (κ2) is 3.20. The Labute approximate surface area is 78.8 Å². The van der Waals surface area contributed by atoms with E-state index < -0.39 is 0 Å². The molecule has 4 heteroatoms. The largest absolute Gasteiger partial charge is 0.394 e. The van der Waals surface area contributed by atoms with Crippen LogP contribution in [-0.2, 0) is 0 Å². The van der Waals surface area contributed by atoms with Crippen molar-refractivity contribution in [3.05, 3.63) is 0 Å². The molecule has 2 bridgehead atoms. The highest BCUT2D eigenvalue weighted by atomic mass is 16.3. The standard InChI is InChI=1S/C9H18N2O2/c1-8-4-11-3-2-10(8)5-9(11,6-12)7-13/h8,12-13H,2-7H2,1H3. The Kier molecular flexibility index (Phi) is 2.32. The smallest absolute Gasteiger partial charge is 0.0802 e. The summed E-state index contributed by atoms with van der Waals surface area (Å²) < 4.78 is 0. The van der Waals surface area contributed by atoms with Crippen molar-refractivity contribution in [2.45, 2.75) is 18.5 Å². The van der Waals surface area contributed by atoms with Crippen LogP contribution in [-0.4, -0.2) is 71.0 Å². The molecule has 3 unspecified atom stereocenters. The van der Waals surface area contributed by atoms with E-state index in [0.717, 1.165) is 26.2 Å². The number of rotatable bonds is 2. The van der Waals surface area contributed by atoms with Crippen LogP contribution >= 0.6 is 0 Å². The van der Waals surface area contributed by atoms with E-state index >= 15 is 0 Å². The van der Waals surface area contributed by atoms with Crippen LogP contribution in [0.25, 0.3) is 0 Å². The minimum absolute atomic E-state index is 0.0622. The number of hydrogen-bond donors (Lipinski definition) is 2. The Morgan fingerprint density at radius 2 is 2.00 bits per heavy atom. The van der Waals surface area contributed by atoms with E-state index in [1.807, 2.05) is 0 Å². The lowest BCUT2D eigenvalue weighted by atomic mass is 9.90. The Morgan fingerprint density at radius 3 is 2.38 bits per heavy atom. The summed E-state index contributed by atoms with van der Waals surface area (Å²) in [5.41, 5.74) is -0.370. The van der Waals surface area contributed by atoms with Crippen molar-refractivity contribution in [1.29, 1.82) is 0 Å². The molecule has 3 heterocycles. The fraction of sp³-hybridized carbons (Fsp3) is 1.00. The molecule has 0 aliphatic carbocycles. The maximum Gasteiger partial charge on any atom is 0.0802 e. The number of aliphatic hydroxyl groups is 2. The number of aliphatic hydroxyl groups excluding tert-OH is 2. The molecule has 13 heavy (non-hydrogen) atoms. The van der Waals surface area contributed by atoms with Crippen molar-refractivity contribution >= 4 is 0 Å². The lowest BCUT2D eigenvalue weighted by Gasteiger charge is -2.57. The van der Waals surface area contributed by atoms with Gasteiger partial charge in [-0.2, -0.15) is 0 Å². The summed E-state index contributed by atoms with van der Waals surface area (Å²) in [4.78, 5) is 4.59. The van der Waals surface area contributed by atoms with Crippen LogP contribution < -0.4 is 0 Å². The van der Waals surface area contributed by atoms with Crippen molar-refractivity contribution in [3.63, 3.8) is 0 Å². The summed E-state index contributed by atoms with van der Waals surface area (Å²) in [7, 11) is 0. The molecular weight excluding hydrogens is 168 g/mol. The minimum atomic E-state index is -0.370. The highest BCUT2D eigenvalue weighted by Crippen LogP contribution is 2.28. The zero-order valence-electron chi connectivity index (χ0n) is 8.11. The third-order valence-electron chi connectivity index (χ3n) is 3.52. The monoisotopic (exact) mass is 186 g/mol. The van der Waals surface area contributed by atoms with Gasteiger partial charge in [0, 0.05) is 32.2 Å². The number of nitrogens with zero attached hydrogens (tertiary/aromatic N) is 2. The van der Waals surface area contributed by atoms with Crippen molar-refractivity contribution in [2.24, 2.45) is 0 Å². The number of piperazine rings is 3. The van der Waals surface area contributed by atoms with E-state index in [2.05, 4.69) is 16.7 Å². The Hall–Kier alpha value is -0.160. The number of fused-ring (bicyclic) bond motifs is 3. The van der Waals surface area contributed by atoms with Gasteiger partial charge in [-0.15, -0.1) is 0 Å². The van der Waals surface area contributed by atoms with Crippen LogP contribution in [0.4, 0.5) is 0 Å². The first-order valence-corrected chi connectivity index (χ1v) is 4.93. The molecule has 0 aromatic heterocycles. The second-order valence-corrected chi connectivity index (χ2v) is 4.31. The first-order valence-electron chi connectivity index (χ1n) is 4.93. The van der Waals surface area contributed by atoms with Gasteiger partial charge in [0.05, 0.1) is 18.8 Å².